The number of hydrogen-bond acceptors (Lipinski definition) is 3. The second kappa shape index (κ2) is 5.57. The zero-order valence-corrected chi connectivity index (χ0v) is 15.4. The van der Waals surface area contributed by atoms with Gasteiger partial charge in [-0.15, -0.1) is 0 Å². The standard InChI is InChI=1S/C21H28N2O2/c1-4-12-11-25-21(24)19-14(12)9-18-20-15(10-17(19)22(18)2)13-7-5-6-8-16(13)23(20)3/h5-8,12,14,17-19,21,24H,4,9-11H2,1-3H3/t12-,14+,17+,18+,19+,21-/m1/s1. The number of aliphatic hydroxyl groups excluding tert-OH is 1. The van der Waals surface area contributed by atoms with Gasteiger partial charge in [0.1, 0.15) is 0 Å². The van der Waals surface area contributed by atoms with Crippen LogP contribution in [0, 0.1) is 17.8 Å². The minimum absolute atomic E-state index is 0.229. The van der Waals surface area contributed by atoms with Gasteiger partial charge < -0.3 is 14.4 Å². The maximum atomic E-state index is 10.7. The first-order chi connectivity index (χ1) is 12.1. The Morgan fingerprint density at radius 1 is 1.24 bits per heavy atom. The van der Waals surface area contributed by atoms with E-state index in [1.54, 1.807) is 0 Å². The molecule has 5 rings (SSSR count). The Balaban J connectivity index is 1.67. The smallest absolute Gasteiger partial charge is 0.159 e. The maximum absolute atomic E-state index is 10.7. The summed E-state index contributed by atoms with van der Waals surface area (Å²) in [5.41, 5.74) is 4.32. The van der Waals surface area contributed by atoms with Crippen molar-refractivity contribution in [2.24, 2.45) is 24.8 Å². The Kier molecular flexibility index (Phi) is 3.53. The summed E-state index contributed by atoms with van der Waals surface area (Å²) in [4.78, 5) is 2.52. The normalized spacial score (nSPS) is 37.8. The number of rotatable bonds is 1. The van der Waals surface area contributed by atoms with Crippen molar-refractivity contribution >= 4 is 10.9 Å². The van der Waals surface area contributed by atoms with Crippen molar-refractivity contribution in [1.29, 1.82) is 0 Å². The Bertz CT molecular complexity index is 814. The summed E-state index contributed by atoms with van der Waals surface area (Å²) >= 11 is 0. The number of piperidine rings is 1. The second-order valence-corrected chi connectivity index (χ2v) is 8.26. The number of benzene rings is 1. The van der Waals surface area contributed by atoms with E-state index in [1.165, 1.54) is 22.2 Å². The molecule has 2 bridgehead atoms. The monoisotopic (exact) mass is 340 g/mol. The van der Waals surface area contributed by atoms with Crippen LogP contribution in [0.1, 0.15) is 37.1 Å². The average Bonchev–Trinajstić information content (AvgIpc) is 2.88. The van der Waals surface area contributed by atoms with Crippen molar-refractivity contribution in [2.45, 2.75) is 44.6 Å². The maximum Gasteiger partial charge on any atom is 0.159 e. The van der Waals surface area contributed by atoms with Gasteiger partial charge in [-0.1, -0.05) is 31.5 Å². The van der Waals surface area contributed by atoms with Gasteiger partial charge in [-0.25, -0.2) is 0 Å². The van der Waals surface area contributed by atoms with Gasteiger partial charge >= 0.3 is 0 Å². The third kappa shape index (κ3) is 2.05. The molecule has 4 nitrogen and oxygen atoms in total. The van der Waals surface area contributed by atoms with Crippen LogP contribution in [-0.4, -0.2) is 40.6 Å². The molecule has 25 heavy (non-hydrogen) atoms. The summed E-state index contributed by atoms with van der Waals surface area (Å²) in [5, 5.41) is 12.0. The van der Waals surface area contributed by atoms with Crippen LogP contribution in [0.25, 0.3) is 10.9 Å². The van der Waals surface area contributed by atoms with E-state index in [0.717, 1.165) is 19.3 Å². The van der Waals surface area contributed by atoms with Crippen molar-refractivity contribution in [3.8, 4) is 0 Å². The molecule has 0 aliphatic carbocycles. The number of aliphatic hydroxyl groups is 1. The summed E-state index contributed by atoms with van der Waals surface area (Å²) in [6.45, 7) is 2.98. The van der Waals surface area contributed by atoms with E-state index in [0.29, 0.717) is 30.5 Å². The van der Waals surface area contributed by atoms with Gasteiger partial charge in [-0.3, -0.25) is 4.90 Å². The highest BCUT2D eigenvalue weighted by atomic mass is 16.6. The topological polar surface area (TPSA) is 37.6 Å². The van der Waals surface area contributed by atoms with Gasteiger partial charge in [0.05, 0.1) is 12.6 Å². The lowest BCUT2D eigenvalue weighted by molar-refractivity contribution is -0.232. The fourth-order valence-corrected chi connectivity index (χ4v) is 6.08. The molecule has 3 aliphatic rings. The number of aryl methyl sites for hydroxylation is 1. The fourth-order valence-electron chi connectivity index (χ4n) is 6.08. The summed E-state index contributed by atoms with van der Waals surface area (Å²) in [6.07, 6.45) is 2.67. The first-order valence-corrected chi connectivity index (χ1v) is 9.69. The minimum Gasteiger partial charge on any atom is -0.368 e. The molecule has 2 saturated heterocycles. The number of hydrogen-bond donors (Lipinski definition) is 1. The quantitative estimate of drug-likeness (QED) is 0.867. The third-order valence-electron chi connectivity index (χ3n) is 7.38. The molecule has 1 N–H and O–H groups in total. The highest BCUT2D eigenvalue weighted by Crippen LogP contribution is 2.52. The summed E-state index contributed by atoms with van der Waals surface area (Å²) in [5.74, 6) is 1.36. The highest BCUT2D eigenvalue weighted by molar-refractivity contribution is 5.86. The van der Waals surface area contributed by atoms with Crippen LogP contribution in [0.5, 0.6) is 0 Å². The highest BCUT2D eigenvalue weighted by Gasteiger charge is 2.53. The molecule has 1 aromatic carbocycles. The summed E-state index contributed by atoms with van der Waals surface area (Å²) in [6, 6.07) is 9.59. The van der Waals surface area contributed by atoms with Crippen LogP contribution >= 0.6 is 0 Å². The van der Waals surface area contributed by atoms with E-state index in [4.69, 9.17) is 4.74 Å². The molecule has 2 aromatic rings. The number of fused-ring (bicyclic) bond motifs is 8. The van der Waals surface area contributed by atoms with Crippen LogP contribution in [0.15, 0.2) is 24.3 Å². The van der Waals surface area contributed by atoms with E-state index in [-0.39, 0.29) is 5.92 Å². The van der Waals surface area contributed by atoms with E-state index in [1.807, 2.05) is 0 Å². The average molecular weight is 340 g/mol. The molecule has 0 unspecified atom stereocenters. The molecule has 0 saturated carbocycles. The van der Waals surface area contributed by atoms with Crippen molar-refractivity contribution in [3.05, 3.63) is 35.5 Å². The van der Waals surface area contributed by atoms with Gasteiger partial charge in [0.15, 0.2) is 6.29 Å². The minimum atomic E-state index is -0.613. The Labute approximate surface area is 149 Å². The SMILES string of the molecule is CC[C@@H]1CO[C@@H](O)[C@H]2[C@H]1C[C@H]1c3c(c4ccccc4n3C)C[C@@H]2N1C. The summed E-state index contributed by atoms with van der Waals surface area (Å²) in [7, 11) is 4.46. The molecule has 0 amide bonds. The number of likely N-dealkylation sites (N-methyl/N-ethyl adjacent to an activating group) is 1. The second-order valence-electron chi connectivity index (χ2n) is 8.26. The lowest BCUT2D eigenvalue weighted by Gasteiger charge is -2.56. The Morgan fingerprint density at radius 3 is 2.84 bits per heavy atom. The van der Waals surface area contributed by atoms with Crippen molar-refractivity contribution in [1.82, 2.24) is 9.47 Å². The number of para-hydroxylation sites is 1. The predicted molar refractivity (Wildman–Crippen MR) is 98.3 cm³/mol. The van der Waals surface area contributed by atoms with E-state index >= 15 is 0 Å². The molecule has 2 fully saturated rings. The lowest BCUT2D eigenvalue weighted by Crippen LogP contribution is -2.60. The molecule has 3 aliphatic heterocycles. The zero-order chi connectivity index (χ0) is 17.3. The molecular weight excluding hydrogens is 312 g/mol. The molecule has 134 valence electrons. The van der Waals surface area contributed by atoms with Gasteiger partial charge in [-0.05, 0) is 43.4 Å². The first-order valence-electron chi connectivity index (χ1n) is 9.69. The van der Waals surface area contributed by atoms with Crippen LogP contribution in [0.3, 0.4) is 0 Å². The molecule has 4 heteroatoms. The van der Waals surface area contributed by atoms with Crippen molar-refractivity contribution < 1.29 is 9.84 Å². The number of aromatic nitrogens is 1. The largest absolute Gasteiger partial charge is 0.368 e. The zero-order valence-electron chi connectivity index (χ0n) is 15.4. The third-order valence-corrected chi connectivity index (χ3v) is 7.38. The van der Waals surface area contributed by atoms with Gasteiger partial charge in [0.2, 0.25) is 0 Å². The number of ether oxygens (including phenoxy) is 1. The molecule has 1 aromatic heterocycles. The van der Waals surface area contributed by atoms with Crippen LogP contribution in [0.4, 0.5) is 0 Å². The molecule has 6 atom stereocenters. The molecule has 4 heterocycles. The Morgan fingerprint density at radius 2 is 2.04 bits per heavy atom. The predicted octanol–water partition coefficient (Wildman–Crippen LogP) is 3.09. The van der Waals surface area contributed by atoms with E-state index < -0.39 is 6.29 Å². The Hall–Kier alpha value is -1.36. The number of nitrogens with zero attached hydrogens (tertiary/aromatic N) is 2. The van der Waals surface area contributed by atoms with Gasteiger partial charge in [0.25, 0.3) is 0 Å². The van der Waals surface area contributed by atoms with Crippen LogP contribution < -0.4 is 0 Å². The molecule has 0 radical (unpaired) electrons. The van der Waals surface area contributed by atoms with Crippen molar-refractivity contribution in [3.63, 3.8) is 0 Å². The van der Waals surface area contributed by atoms with Gasteiger partial charge in [0, 0.05) is 35.6 Å². The van der Waals surface area contributed by atoms with Crippen LogP contribution in [0.2, 0.25) is 0 Å². The first kappa shape index (κ1) is 15.9. The van der Waals surface area contributed by atoms with Gasteiger partial charge in [-0.2, -0.15) is 0 Å². The van der Waals surface area contributed by atoms with Crippen molar-refractivity contribution in [2.75, 3.05) is 13.7 Å². The molecular formula is C21H28N2O2. The molecule has 0 spiro atoms. The lowest BCUT2D eigenvalue weighted by atomic mass is 9.64. The van der Waals surface area contributed by atoms with Crippen LogP contribution in [-0.2, 0) is 18.2 Å². The fraction of sp³-hybridized carbons (Fsp3) is 0.619. The summed E-state index contributed by atoms with van der Waals surface area (Å²) < 4.78 is 8.21. The van der Waals surface area contributed by atoms with E-state index in [2.05, 4.69) is 54.8 Å². The van der Waals surface area contributed by atoms with E-state index in [9.17, 15) is 5.11 Å².